The van der Waals surface area contributed by atoms with Crippen molar-refractivity contribution in [3.63, 3.8) is 0 Å². The summed E-state index contributed by atoms with van der Waals surface area (Å²) in [7, 11) is 1.60. The highest BCUT2D eigenvalue weighted by Crippen LogP contribution is 2.31. The lowest BCUT2D eigenvalue weighted by atomic mass is 9.90. The molecular weight excluding hydrogens is 418 g/mol. The topological polar surface area (TPSA) is 89.5 Å². The van der Waals surface area contributed by atoms with E-state index in [0.717, 1.165) is 25.9 Å². The fourth-order valence-corrected chi connectivity index (χ4v) is 3.95. The third-order valence-electron chi connectivity index (χ3n) is 5.98. The predicted octanol–water partition coefficient (Wildman–Crippen LogP) is 3.36. The van der Waals surface area contributed by atoms with E-state index in [0.29, 0.717) is 41.5 Å². The molecule has 1 saturated carbocycles. The minimum atomic E-state index is -0.116. The Labute approximate surface area is 187 Å². The quantitative estimate of drug-likeness (QED) is 0.666. The Hall–Kier alpha value is -2.61. The molecule has 1 amide bonds. The number of hydrogen-bond acceptors (Lipinski definition) is 7. The largest absolute Gasteiger partial charge is 0.497 e. The molecule has 1 aliphatic heterocycles. The van der Waals surface area contributed by atoms with Gasteiger partial charge >= 0.3 is 0 Å². The smallest absolute Gasteiger partial charge is 0.251 e. The number of anilines is 1. The second-order valence-electron chi connectivity index (χ2n) is 8.29. The highest BCUT2D eigenvalue weighted by molar-refractivity contribution is 6.28. The number of carbonyl (C=O) groups is 1. The lowest BCUT2D eigenvalue weighted by Gasteiger charge is -2.35. The van der Waals surface area contributed by atoms with Gasteiger partial charge in [0.05, 0.1) is 13.7 Å². The molecule has 2 heterocycles. The van der Waals surface area contributed by atoms with E-state index in [1.54, 1.807) is 19.2 Å². The van der Waals surface area contributed by atoms with Gasteiger partial charge in [0.25, 0.3) is 5.91 Å². The van der Waals surface area contributed by atoms with Crippen LogP contribution in [0.15, 0.2) is 24.5 Å². The maximum absolute atomic E-state index is 12.9. The molecule has 9 heteroatoms. The van der Waals surface area contributed by atoms with E-state index in [-0.39, 0.29) is 17.2 Å². The molecule has 0 radical (unpaired) electrons. The van der Waals surface area contributed by atoms with Gasteiger partial charge in [-0.2, -0.15) is 4.98 Å². The Morgan fingerprint density at radius 1 is 1.19 bits per heavy atom. The maximum atomic E-state index is 12.9. The van der Waals surface area contributed by atoms with Gasteiger partial charge in [-0.05, 0) is 68.2 Å². The zero-order valence-corrected chi connectivity index (χ0v) is 18.6. The molecule has 0 spiro atoms. The maximum Gasteiger partial charge on any atom is 0.251 e. The average molecular weight is 446 g/mol. The zero-order chi connectivity index (χ0) is 21.8. The van der Waals surface area contributed by atoms with Gasteiger partial charge < -0.3 is 19.7 Å². The van der Waals surface area contributed by atoms with Crippen molar-refractivity contribution in [1.82, 2.24) is 20.3 Å². The van der Waals surface area contributed by atoms with Gasteiger partial charge in [0.15, 0.2) is 0 Å². The normalized spacial score (nSPS) is 17.8. The van der Waals surface area contributed by atoms with Crippen LogP contribution >= 0.6 is 11.6 Å². The highest BCUT2D eigenvalue weighted by atomic mass is 35.5. The number of carbonyl (C=O) groups excluding carboxylic acids is 1. The van der Waals surface area contributed by atoms with Crippen LogP contribution in [0.5, 0.6) is 11.5 Å². The molecule has 2 aromatic rings. The van der Waals surface area contributed by atoms with Gasteiger partial charge in [-0.25, -0.2) is 9.97 Å². The number of methoxy groups -OCH3 is 1. The number of ether oxygens (including phenoxy) is 2. The van der Waals surface area contributed by atoms with Crippen molar-refractivity contribution in [2.75, 3.05) is 31.7 Å². The average Bonchev–Trinajstić information content (AvgIpc) is 3.62. The first-order valence-electron chi connectivity index (χ1n) is 10.7. The first-order chi connectivity index (χ1) is 15.0. The fourth-order valence-electron chi connectivity index (χ4n) is 3.83. The molecule has 4 rings (SSSR count). The number of benzene rings is 1. The van der Waals surface area contributed by atoms with Gasteiger partial charge in [-0.3, -0.25) is 4.79 Å². The molecule has 0 bridgehead atoms. The fraction of sp³-hybridized carbons (Fsp3) is 0.545. The molecule has 2 fully saturated rings. The van der Waals surface area contributed by atoms with Crippen LogP contribution in [0.1, 0.15) is 43.0 Å². The Balaban J connectivity index is 1.33. The first kappa shape index (κ1) is 21.6. The van der Waals surface area contributed by atoms with Crippen molar-refractivity contribution in [2.24, 2.45) is 11.8 Å². The Kier molecular flexibility index (Phi) is 6.75. The lowest BCUT2D eigenvalue weighted by Crippen LogP contribution is -2.44. The number of nitrogens with zero attached hydrogens (tertiary/aromatic N) is 4. The highest BCUT2D eigenvalue weighted by Gasteiger charge is 2.27. The number of rotatable bonds is 8. The Bertz CT molecular complexity index is 916. The summed E-state index contributed by atoms with van der Waals surface area (Å²) in [4.78, 5) is 27.2. The number of halogens is 1. The van der Waals surface area contributed by atoms with Gasteiger partial charge in [0, 0.05) is 30.8 Å². The van der Waals surface area contributed by atoms with Crippen LogP contribution in [0.2, 0.25) is 5.28 Å². The van der Waals surface area contributed by atoms with Crippen LogP contribution in [0.3, 0.4) is 0 Å². The summed E-state index contributed by atoms with van der Waals surface area (Å²) in [6.45, 7) is 4.37. The second-order valence-corrected chi connectivity index (χ2v) is 8.63. The molecule has 1 aromatic carbocycles. The van der Waals surface area contributed by atoms with E-state index in [1.807, 2.05) is 6.07 Å². The minimum Gasteiger partial charge on any atom is -0.497 e. The van der Waals surface area contributed by atoms with E-state index in [4.69, 9.17) is 21.1 Å². The van der Waals surface area contributed by atoms with Gasteiger partial charge in [0.2, 0.25) is 11.2 Å². The van der Waals surface area contributed by atoms with Gasteiger partial charge in [0.1, 0.15) is 17.8 Å². The summed E-state index contributed by atoms with van der Waals surface area (Å²) < 4.78 is 11.2. The van der Waals surface area contributed by atoms with Gasteiger partial charge in [-0.15, -0.1) is 0 Å². The van der Waals surface area contributed by atoms with Crippen LogP contribution in [0.4, 0.5) is 5.95 Å². The number of hydrogen-bond donors (Lipinski definition) is 1. The summed E-state index contributed by atoms with van der Waals surface area (Å²) in [5.41, 5.74) is 0.550. The van der Waals surface area contributed by atoms with Crippen molar-refractivity contribution < 1.29 is 14.3 Å². The van der Waals surface area contributed by atoms with E-state index < -0.39 is 0 Å². The van der Waals surface area contributed by atoms with Crippen LogP contribution < -0.4 is 19.7 Å². The van der Waals surface area contributed by atoms with E-state index in [9.17, 15) is 4.79 Å². The summed E-state index contributed by atoms with van der Waals surface area (Å²) in [5.74, 6) is 2.79. The van der Waals surface area contributed by atoms with E-state index in [2.05, 4.69) is 32.1 Å². The molecule has 1 aliphatic carbocycles. The predicted molar refractivity (Wildman–Crippen MR) is 118 cm³/mol. The molecule has 1 unspecified atom stereocenters. The number of piperidine rings is 1. The van der Waals surface area contributed by atoms with Gasteiger partial charge in [-0.1, -0.05) is 0 Å². The van der Waals surface area contributed by atoms with Crippen molar-refractivity contribution in [3.05, 3.63) is 35.4 Å². The Morgan fingerprint density at radius 2 is 1.94 bits per heavy atom. The number of nitrogens with one attached hydrogen (secondary N) is 1. The first-order valence-corrected chi connectivity index (χ1v) is 11.1. The van der Waals surface area contributed by atoms with Crippen LogP contribution in [-0.4, -0.2) is 53.7 Å². The van der Waals surface area contributed by atoms with Crippen LogP contribution in [-0.2, 0) is 0 Å². The number of amides is 1. The standard InChI is InChI=1S/C22H28ClN5O3/c1-14(16-5-7-28(8-6-16)22-25-13-24-21(23)27-22)26-20(29)17-9-18(30-2)11-19(10-17)31-12-15-3-4-15/h9-11,13-16H,3-8,12H2,1-2H3,(H,26,29). The van der Waals surface area contributed by atoms with Crippen molar-refractivity contribution in [2.45, 2.75) is 38.6 Å². The molecule has 8 nitrogen and oxygen atoms in total. The van der Waals surface area contributed by atoms with Crippen LogP contribution in [0, 0.1) is 11.8 Å². The molecule has 1 saturated heterocycles. The number of aromatic nitrogens is 3. The SMILES string of the molecule is COc1cc(OCC2CC2)cc(C(=O)NC(C)C2CCN(c3ncnc(Cl)n3)CC2)c1. The third kappa shape index (κ3) is 5.76. The molecule has 31 heavy (non-hydrogen) atoms. The van der Waals surface area contributed by atoms with E-state index in [1.165, 1.54) is 19.2 Å². The third-order valence-corrected chi connectivity index (χ3v) is 6.16. The summed E-state index contributed by atoms with van der Waals surface area (Å²) in [6, 6.07) is 5.41. The van der Waals surface area contributed by atoms with E-state index >= 15 is 0 Å². The molecule has 166 valence electrons. The summed E-state index contributed by atoms with van der Waals surface area (Å²) >= 11 is 5.88. The summed E-state index contributed by atoms with van der Waals surface area (Å²) in [6.07, 6.45) is 5.72. The van der Waals surface area contributed by atoms with Crippen molar-refractivity contribution in [1.29, 1.82) is 0 Å². The van der Waals surface area contributed by atoms with Crippen molar-refractivity contribution in [3.8, 4) is 11.5 Å². The van der Waals surface area contributed by atoms with Crippen LogP contribution in [0.25, 0.3) is 0 Å². The lowest BCUT2D eigenvalue weighted by molar-refractivity contribution is 0.0921. The molecule has 1 atom stereocenters. The zero-order valence-electron chi connectivity index (χ0n) is 17.9. The second kappa shape index (κ2) is 9.68. The monoisotopic (exact) mass is 445 g/mol. The molecule has 2 aliphatic rings. The Morgan fingerprint density at radius 3 is 2.61 bits per heavy atom. The molecule has 1 N–H and O–H groups in total. The van der Waals surface area contributed by atoms with Crippen molar-refractivity contribution >= 4 is 23.5 Å². The molecular formula is C22H28ClN5O3. The molecule has 1 aromatic heterocycles. The minimum absolute atomic E-state index is 0.0404. The summed E-state index contributed by atoms with van der Waals surface area (Å²) in [5, 5.41) is 3.35.